The molecule has 13 heteroatoms. The third-order valence-electron chi connectivity index (χ3n) is 7.15. The standard InChI is InChI=1S/C28H28ClF4N5O3/c1-2-22(39)37-7-9-38(10-8-37)26-19-17-21(29)23(18-5-3-4-6-20(18)28(31,32)33)24(30)25(19)34-27(35-26)41-16-13-36-11-14-40-15-12-36/h2-6,17H,1,7-16H2. The van der Waals surface area contributed by atoms with Crippen LogP contribution in [-0.2, 0) is 15.7 Å². The lowest BCUT2D eigenvalue weighted by atomic mass is 9.97. The Hall–Kier alpha value is -3.48. The van der Waals surface area contributed by atoms with E-state index in [1.165, 1.54) is 30.3 Å². The zero-order valence-corrected chi connectivity index (χ0v) is 22.8. The summed E-state index contributed by atoms with van der Waals surface area (Å²) < 4.78 is 68.9. The minimum atomic E-state index is -4.73. The van der Waals surface area contributed by atoms with Crippen molar-refractivity contribution in [2.75, 3.05) is 70.5 Å². The number of hydrogen-bond donors (Lipinski definition) is 0. The number of alkyl halides is 3. The summed E-state index contributed by atoms with van der Waals surface area (Å²) in [5.41, 5.74) is -2.02. The summed E-state index contributed by atoms with van der Waals surface area (Å²) in [7, 11) is 0. The molecule has 1 aromatic heterocycles. The molecule has 0 aliphatic carbocycles. The lowest BCUT2D eigenvalue weighted by Crippen LogP contribution is -2.48. The first-order chi connectivity index (χ1) is 19.7. The second-order valence-electron chi connectivity index (χ2n) is 9.64. The predicted octanol–water partition coefficient (Wildman–Crippen LogP) is 4.65. The van der Waals surface area contributed by atoms with Crippen molar-refractivity contribution in [3.8, 4) is 17.1 Å². The Bertz CT molecular complexity index is 1440. The SMILES string of the molecule is C=CC(=O)N1CCN(c2nc(OCCN3CCOCC3)nc3c(F)c(-c4ccccc4C(F)(F)F)c(Cl)cc23)CC1. The van der Waals surface area contributed by atoms with Crippen LogP contribution in [0.1, 0.15) is 5.56 Å². The number of morpholine rings is 1. The molecular formula is C28H28ClF4N5O3. The molecule has 3 heterocycles. The van der Waals surface area contributed by atoms with Crippen molar-refractivity contribution in [1.82, 2.24) is 19.8 Å². The van der Waals surface area contributed by atoms with Crippen LogP contribution in [0.25, 0.3) is 22.0 Å². The molecule has 2 aliphatic heterocycles. The van der Waals surface area contributed by atoms with Crippen molar-refractivity contribution in [3.63, 3.8) is 0 Å². The molecule has 0 radical (unpaired) electrons. The first-order valence-electron chi connectivity index (χ1n) is 13.1. The molecule has 2 saturated heterocycles. The first-order valence-corrected chi connectivity index (χ1v) is 13.5. The molecule has 41 heavy (non-hydrogen) atoms. The minimum Gasteiger partial charge on any atom is -0.462 e. The largest absolute Gasteiger partial charge is 0.462 e. The van der Waals surface area contributed by atoms with E-state index in [2.05, 4.69) is 21.4 Å². The summed E-state index contributed by atoms with van der Waals surface area (Å²) in [5, 5.41) is 0.0165. The van der Waals surface area contributed by atoms with Gasteiger partial charge in [-0.1, -0.05) is 36.4 Å². The Morgan fingerprint density at radius 2 is 1.80 bits per heavy atom. The highest BCUT2D eigenvalue weighted by Gasteiger charge is 2.35. The van der Waals surface area contributed by atoms with Gasteiger partial charge in [-0.05, 0) is 23.8 Å². The van der Waals surface area contributed by atoms with Gasteiger partial charge in [-0.3, -0.25) is 9.69 Å². The lowest BCUT2D eigenvalue weighted by molar-refractivity contribution is -0.137. The molecule has 0 bridgehead atoms. The van der Waals surface area contributed by atoms with Gasteiger partial charge in [0.25, 0.3) is 0 Å². The number of nitrogens with zero attached hydrogens (tertiary/aromatic N) is 5. The summed E-state index contributed by atoms with van der Waals surface area (Å²) in [5.74, 6) is -0.892. The highest BCUT2D eigenvalue weighted by molar-refractivity contribution is 6.34. The van der Waals surface area contributed by atoms with Crippen LogP contribution in [0.5, 0.6) is 6.01 Å². The molecule has 0 saturated carbocycles. The number of halogens is 5. The van der Waals surface area contributed by atoms with Gasteiger partial charge in [0.2, 0.25) is 5.91 Å². The van der Waals surface area contributed by atoms with E-state index < -0.39 is 28.7 Å². The highest BCUT2D eigenvalue weighted by Crippen LogP contribution is 2.43. The molecule has 0 atom stereocenters. The van der Waals surface area contributed by atoms with E-state index in [0.717, 1.165) is 19.2 Å². The molecule has 1 amide bonds. The monoisotopic (exact) mass is 593 g/mol. The third kappa shape index (κ3) is 6.24. The summed E-state index contributed by atoms with van der Waals surface area (Å²) in [6.07, 6.45) is -3.49. The number of piperazine rings is 1. The number of carbonyl (C=O) groups excluding carboxylic acids is 1. The van der Waals surface area contributed by atoms with Gasteiger partial charge >= 0.3 is 12.2 Å². The van der Waals surface area contributed by atoms with Crippen LogP contribution in [0.4, 0.5) is 23.4 Å². The Balaban J connectivity index is 1.56. The van der Waals surface area contributed by atoms with Gasteiger partial charge in [-0.15, -0.1) is 0 Å². The van der Waals surface area contributed by atoms with Crippen molar-refractivity contribution in [2.24, 2.45) is 0 Å². The van der Waals surface area contributed by atoms with Crippen LogP contribution in [-0.4, -0.2) is 91.3 Å². The maximum atomic E-state index is 16.2. The van der Waals surface area contributed by atoms with Crippen molar-refractivity contribution in [2.45, 2.75) is 6.18 Å². The fraction of sp³-hybridized carbons (Fsp3) is 0.393. The smallest absolute Gasteiger partial charge is 0.417 e. The van der Waals surface area contributed by atoms with Crippen molar-refractivity contribution in [1.29, 1.82) is 0 Å². The fourth-order valence-electron chi connectivity index (χ4n) is 5.02. The van der Waals surface area contributed by atoms with Crippen LogP contribution in [0.3, 0.4) is 0 Å². The number of amides is 1. The molecule has 218 valence electrons. The van der Waals surface area contributed by atoms with Crippen LogP contribution < -0.4 is 9.64 Å². The number of rotatable bonds is 7. The molecule has 2 fully saturated rings. The third-order valence-corrected chi connectivity index (χ3v) is 7.45. The maximum absolute atomic E-state index is 16.2. The molecule has 0 spiro atoms. The van der Waals surface area contributed by atoms with E-state index in [9.17, 15) is 18.0 Å². The number of carbonyl (C=O) groups is 1. The van der Waals surface area contributed by atoms with E-state index in [1.807, 2.05) is 4.90 Å². The maximum Gasteiger partial charge on any atom is 0.417 e. The van der Waals surface area contributed by atoms with Gasteiger partial charge in [-0.2, -0.15) is 23.1 Å². The zero-order valence-electron chi connectivity index (χ0n) is 22.1. The molecule has 0 unspecified atom stereocenters. The number of hydrogen-bond acceptors (Lipinski definition) is 7. The summed E-state index contributed by atoms with van der Waals surface area (Å²) >= 11 is 6.48. The topological polar surface area (TPSA) is 71.0 Å². The molecule has 2 aromatic carbocycles. The first kappa shape index (κ1) is 29.0. The van der Waals surface area contributed by atoms with Crippen LogP contribution in [0.15, 0.2) is 43.0 Å². The van der Waals surface area contributed by atoms with Crippen LogP contribution >= 0.6 is 11.6 Å². The Labute approximate surface area is 239 Å². The number of aromatic nitrogens is 2. The Morgan fingerprint density at radius 1 is 1.10 bits per heavy atom. The van der Waals surface area contributed by atoms with E-state index in [-0.39, 0.29) is 34.5 Å². The average molecular weight is 594 g/mol. The second-order valence-corrected chi connectivity index (χ2v) is 10.0. The summed E-state index contributed by atoms with van der Waals surface area (Å²) in [6.45, 7) is 8.51. The molecular weight excluding hydrogens is 566 g/mol. The van der Waals surface area contributed by atoms with E-state index >= 15 is 4.39 Å². The van der Waals surface area contributed by atoms with Gasteiger partial charge in [0.1, 0.15) is 17.9 Å². The van der Waals surface area contributed by atoms with Gasteiger partial charge < -0.3 is 19.3 Å². The van der Waals surface area contributed by atoms with Gasteiger partial charge in [-0.25, -0.2) is 4.39 Å². The van der Waals surface area contributed by atoms with Gasteiger partial charge in [0.15, 0.2) is 5.82 Å². The lowest BCUT2D eigenvalue weighted by Gasteiger charge is -2.35. The quantitative estimate of drug-likeness (QED) is 0.292. The van der Waals surface area contributed by atoms with E-state index in [0.29, 0.717) is 51.8 Å². The number of ether oxygens (including phenoxy) is 2. The van der Waals surface area contributed by atoms with Crippen molar-refractivity contribution in [3.05, 3.63) is 59.4 Å². The molecule has 2 aliphatic rings. The number of fused-ring (bicyclic) bond motifs is 1. The van der Waals surface area contributed by atoms with E-state index in [1.54, 1.807) is 4.90 Å². The van der Waals surface area contributed by atoms with Gasteiger partial charge in [0.05, 0.1) is 23.8 Å². The van der Waals surface area contributed by atoms with Crippen molar-refractivity contribution >= 4 is 34.2 Å². The highest BCUT2D eigenvalue weighted by atomic mass is 35.5. The zero-order chi connectivity index (χ0) is 29.1. The van der Waals surface area contributed by atoms with Crippen LogP contribution in [0.2, 0.25) is 5.02 Å². The van der Waals surface area contributed by atoms with Crippen molar-refractivity contribution < 1.29 is 31.8 Å². The Morgan fingerprint density at radius 3 is 2.49 bits per heavy atom. The number of anilines is 1. The van der Waals surface area contributed by atoms with E-state index in [4.69, 9.17) is 21.1 Å². The molecule has 0 N–H and O–H groups in total. The number of benzene rings is 2. The Kier molecular flexibility index (Phi) is 8.62. The molecule has 8 nitrogen and oxygen atoms in total. The van der Waals surface area contributed by atoms with Crippen LogP contribution in [0, 0.1) is 5.82 Å². The fourth-order valence-corrected chi connectivity index (χ4v) is 5.31. The predicted molar refractivity (Wildman–Crippen MR) is 147 cm³/mol. The molecule has 3 aromatic rings. The summed E-state index contributed by atoms with van der Waals surface area (Å²) in [6, 6.07) is 5.95. The minimum absolute atomic E-state index is 0.110. The normalized spacial score (nSPS) is 16.7. The molecule has 5 rings (SSSR count). The van der Waals surface area contributed by atoms with Gasteiger partial charge in [0, 0.05) is 56.8 Å². The second kappa shape index (κ2) is 12.2. The average Bonchev–Trinajstić information content (AvgIpc) is 2.97. The summed E-state index contributed by atoms with van der Waals surface area (Å²) in [4.78, 5) is 26.6.